The quantitative estimate of drug-likeness (QED) is 0.818. The summed E-state index contributed by atoms with van der Waals surface area (Å²) in [6.07, 6.45) is 9.72. The van der Waals surface area contributed by atoms with Gasteiger partial charge in [0.15, 0.2) is 0 Å². The van der Waals surface area contributed by atoms with Crippen molar-refractivity contribution in [3.8, 4) is 0 Å². The van der Waals surface area contributed by atoms with Crippen LogP contribution in [-0.2, 0) is 11.2 Å². The average molecular weight is 246 g/mol. The molecule has 18 heavy (non-hydrogen) atoms. The molecule has 1 atom stereocenters. The van der Waals surface area contributed by atoms with Gasteiger partial charge in [-0.3, -0.25) is 9.78 Å². The summed E-state index contributed by atoms with van der Waals surface area (Å²) in [6, 6.07) is 4.43. The number of nitrogens with zero attached hydrogens (tertiary/aromatic N) is 2. The molecule has 3 nitrogen and oxygen atoms in total. The number of piperidine rings is 1. The minimum absolute atomic E-state index is 0.311. The Balaban J connectivity index is 1.87. The highest BCUT2D eigenvalue weighted by molar-refractivity contribution is 5.76. The fourth-order valence-electron chi connectivity index (χ4n) is 2.69. The lowest BCUT2D eigenvalue weighted by Gasteiger charge is -2.35. The Morgan fingerprint density at radius 1 is 1.50 bits per heavy atom. The summed E-state index contributed by atoms with van der Waals surface area (Å²) in [5.41, 5.74) is 1.15. The van der Waals surface area contributed by atoms with Crippen LogP contribution < -0.4 is 0 Å². The van der Waals surface area contributed by atoms with Crippen molar-refractivity contribution in [2.24, 2.45) is 0 Å². The molecule has 1 unspecified atom stereocenters. The highest BCUT2D eigenvalue weighted by atomic mass is 16.2. The number of pyridine rings is 1. The van der Waals surface area contributed by atoms with E-state index in [4.69, 9.17) is 0 Å². The van der Waals surface area contributed by atoms with Crippen LogP contribution in [0.15, 0.2) is 24.5 Å². The third-order valence-electron chi connectivity index (χ3n) is 3.77. The second kappa shape index (κ2) is 6.53. The zero-order valence-electron chi connectivity index (χ0n) is 11.1. The van der Waals surface area contributed by atoms with Gasteiger partial charge in [0.1, 0.15) is 0 Å². The molecule has 0 saturated carbocycles. The van der Waals surface area contributed by atoms with Crippen molar-refractivity contribution in [1.29, 1.82) is 0 Å². The van der Waals surface area contributed by atoms with Crippen LogP contribution in [0.5, 0.6) is 0 Å². The van der Waals surface area contributed by atoms with Crippen molar-refractivity contribution in [1.82, 2.24) is 9.88 Å². The molecule has 0 aromatic carbocycles. The predicted molar refractivity (Wildman–Crippen MR) is 72.2 cm³/mol. The number of carbonyl (C=O) groups is 1. The number of aryl methyl sites for hydroxylation is 1. The third kappa shape index (κ3) is 3.31. The van der Waals surface area contributed by atoms with Gasteiger partial charge in [0.05, 0.1) is 0 Å². The highest BCUT2D eigenvalue weighted by Gasteiger charge is 2.24. The molecule has 1 aromatic rings. The summed E-state index contributed by atoms with van der Waals surface area (Å²) >= 11 is 0. The van der Waals surface area contributed by atoms with Gasteiger partial charge in [0, 0.05) is 31.4 Å². The molecular formula is C15H22N2O. The SMILES string of the molecule is CCC1CCCCN1C(=O)CCc1cccnc1. The van der Waals surface area contributed by atoms with Crippen LogP contribution in [-0.4, -0.2) is 28.4 Å². The van der Waals surface area contributed by atoms with Crippen molar-refractivity contribution >= 4 is 5.91 Å². The van der Waals surface area contributed by atoms with E-state index in [1.807, 2.05) is 18.3 Å². The Morgan fingerprint density at radius 3 is 3.11 bits per heavy atom. The lowest BCUT2D eigenvalue weighted by atomic mass is 9.99. The normalized spacial score (nSPS) is 19.8. The molecule has 98 valence electrons. The molecule has 1 aliphatic heterocycles. The topological polar surface area (TPSA) is 33.2 Å². The van der Waals surface area contributed by atoms with Gasteiger partial charge < -0.3 is 4.90 Å². The van der Waals surface area contributed by atoms with E-state index in [-0.39, 0.29) is 0 Å². The van der Waals surface area contributed by atoms with Gasteiger partial charge in [-0.1, -0.05) is 13.0 Å². The molecule has 1 amide bonds. The van der Waals surface area contributed by atoms with E-state index >= 15 is 0 Å². The maximum absolute atomic E-state index is 12.2. The van der Waals surface area contributed by atoms with Crippen LogP contribution in [0.4, 0.5) is 0 Å². The van der Waals surface area contributed by atoms with Crippen molar-refractivity contribution in [3.05, 3.63) is 30.1 Å². The molecular weight excluding hydrogens is 224 g/mol. The van der Waals surface area contributed by atoms with Crippen LogP contribution in [0.1, 0.15) is 44.6 Å². The van der Waals surface area contributed by atoms with Crippen LogP contribution in [0.25, 0.3) is 0 Å². The summed E-state index contributed by atoms with van der Waals surface area (Å²) in [7, 11) is 0. The number of aromatic nitrogens is 1. The summed E-state index contributed by atoms with van der Waals surface area (Å²) in [4.78, 5) is 18.4. The zero-order chi connectivity index (χ0) is 12.8. The molecule has 0 bridgehead atoms. The second-order valence-electron chi connectivity index (χ2n) is 5.01. The Labute approximate surface area is 109 Å². The van der Waals surface area contributed by atoms with E-state index in [1.165, 1.54) is 12.8 Å². The van der Waals surface area contributed by atoms with Crippen LogP contribution in [0, 0.1) is 0 Å². The number of amides is 1. The maximum Gasteiger partial charge on any atom is 0.223 e. The van der Waals surface area contributed by atoms with Gasteiger partial charge in [0.25, 0.3) is 0 Å². The summed E-state index contributed by atoms with van der Waals surface area (Å²) in [6.45, 7) is 3.13. The van der Waals surface area contributed by atoms with Gasteiger partial charge >= 0.3 is 0 Å². The number of hydrogen-bond donors (Lipinski definition) is 0. The van der Waals surface area contributed by atoms with E-state index in [0.29, 0.717) is 18.4 Å². The first-order chi connectivity index (χ1) is 8.81. The first kappa shape index (κ1) is 13.1. The number of likely N-dealkylation sites (tertiary alicyclic amines) is 1. The number of carbonyl (C=O) groups excluding carboxylic acids is 1. The first-order valence-corrected chi connectivity index (χ1v) is 6.99. The van der Waals surface area contributed by atoms with Gasteiger partial charge in [-0.2, -0.15) is 0 Å². The van der Waals surface area contributed by atoms with Gasteiger partial charge in [0.2, 0.25) is 5.91 Å². The van der Waals surface area contributed by atoms with Crippen molar-refractivity contribution in [3.63, 3.8) is 0 Å². The fourth-order valence-corrected chi connectivity index (χ4v) is 2.69. The molecule has 0 radical (unpaired) electrons. The molecule has 0 N–H and O–H groups in total. The van der Waals surface area contributed by atoms with Crippen LogP contribution >= 0.6 is 0 Å². The Kier molecular flexibility index (Phi) is 4.73. The Bertz CT molecular complexity index is 377. The molecule has 2 heterocycles. The molecule has 0 aliphatic carbocycles. The largest absolute Gasteiger partial charge is 0.340 e. The molecule has 1 fully saturated rings. The molecule has 1 aliphatic rings. The minimum Gasteiger partial charge on any atom is -0.340 e. The van der Waals surface area contributed by atoms with E-state index in [9.17, 15) is 4.79 Å². The zero-order valence-corrected chi connectivity index (χ0v) is 11.1. The van der Waals surface area contributed by atoms with Crippen LogP contribution in [0.2, 0.25) is 0 Å². The smallest absolute Gasteiger partial charge is 0.223 e. The summed E-state index contributed by atoms with van der Waals surface area (Å²) in [5, 5.41) is 0. The van der Waals surface area contributed by atoms with E-state index in [1.54, 1.807) is 6.20 Å². The second-order valence-corrected chi connectivity index (χ2v) is 5.01. The van der Waals surface area contributed by atoms with E-state index < -0.39 is 0 Å². The summed E-state index contributed by atoms with van der Waals surface area (Å²) < 4.78 is 0. The monoisotopic (exact) mass is 246 g/mol. The minimum atomic E-state index is 0.311. The first-order valence-electron chi connectivity index (χ1n) is 6.99. The molecule has 3 heteroatoms. The Hall–Kier alpha value is -1.38. The van der Waals surface area contributed by atoms with Gasteiger partial charge in [-0.05, 0) is 43.7 Å². The molecule has 1 saturated heterocycles. The lowest BCUT2D eigenvalue weighted by molar-refractivity contribution is -0.134. The van der Waals surface area contributed by atoms with Crippen molar-refractivity contribution in [2.45, 2.75) is 51.5 Å². The fraction of sp³-hybridized carbons (Fsp3) is 0.600. The predicted octanol–water partition coefficient (Wildman–Crippen LogP) is 2.81. The maximum atomic E-state index is 12.2. The third-order valence-corrected chi connectivity index (χ3v) is 3.77. The van der Waals surface area contributed by atoms with Gasteiger partial charge in [-0.15, -0.1) is 0 Å². The van der Waals surface area contributed by atoms with E-state index in [2.05, 4.69) is 16.8 Å². The summed E-state index contributed by atoms with van der Waals surface area (Å²) in [5.74, 6) is 0.311. The number of hydrogen-bond acceptors (Lipinski definition) is 2. The number of rotatable bonds is 4. The van der Waals surface area contributed by atoms with Crippen LogP contribution in [0.3, 0.4) is 0 Å². The molecule has 2 rings (SSSR count). The standard InChI is InChI=1S/C15H22N2O/c1-2-14-7-3-4-11-17(14)15(18)9-8-13-6-5-10-16-12-13/h5-6,10,12,14H,2-4,7-9,11H2,1H3. The highest BCUT2D eigenvalue weighted by Crippen LogP contribution is 2.20. The molecule has 0 spiro atoms. The lowest BCUT2D eigenvalue weighted by Crippen LogP contribution is -2.43. The van der Waals surface area contributed by atoms with Crippen molar-refractivity contribution in [2.75, 3.05) is 6.54 Å². The van der Waals surface area contributed by atoms with E-state index in [0.717, 1.165) is 31.4 Å². The average Bonchev–Trinajstić information content (AvgIpc) is 2.45. The Morgan fingerprint density at radius 2 is 2.39 bits per heavy atom. The van der Waals surface area contributed by atoms with Crippen molar-refractivity contribution < 1.29 is 4.79 Å². The molecule has 1 aromatic heterocycles. The van der Waals surface area contributed by atoms with Gasteiger partial charge in [-0.25, -0.2) is 0 Å².